The van der Waals surface area contributed by atoms with Crippen molar-refractivity contribution in [1.82, 2.24) is 14.9 Å². The van der Waals surface area contributed by atoms with E-state index < -0.39 is 0 Å². The predicted octanol–water partition coefficient (Wildman–Crippen LogP) is 3.68. The molecule has 0 fully saturated rings. The van der Waals surface area contributed by atoms with Gasteiger partial charge >= 0.3 is 0 Å². The van der Waals surface area contributed by atoms with Gasteiger partial charge in [-0.05, 0) is 40.7 Å². The zero-order chi connectivity index (χ0) is 16.3. The molecule has 0 aliphatic heterocycles. The van der Waals surface area contributed by atoms with Gasteiger partial charge in [0, 0.05) is 17.5 Å². The summed E-state index contributed by atoms with van der Waals surface area (Å²) in [4.78, 5) is 23.3. The van der Waals surface area contributed by atoms with E-state index in [-0.39, 0.29) is 18.0 Å². The average molecular weight is 317 g/mol. The van der Waals surface area contributed by atoms with Gasteiger partial charge in [-0.15, -0.1) is 0 Å². The molecule has 1 amide bonds. The SMILES string of the molecule is Cc1nc(SCC(=O)N(C(C)C)C(C)C)c2ccccc2n1. The number of thioether (sulfide) groups is 1. The minimum atomic E-state index is 0.148. The van der Waals surface area contributed by atoms with Crippen LogP contribution in [0.25, 0.3) is 10.9 Å². The lowest BCUT2D eigenvalue weighted by Gasteiger charge is -2.30. The highest BCUT2D eigenvalue weighted by atomic mass is 32.2. The number of hydrogen-bond donors (Lipinski definition) is 0. The third-order valence-electron chi connectivity index (χ3n) is 3.41. The van der Waals surface area contributed by atoms with Crippen LogP contribution in [0.3, 0.4) is 0 Å². The van der Waals surface area contributed by atoms with Crippen LogP contribution in [0.1, 0.15) is 33.5 Å². The molecule has 0 saturated carbocycles. The number of benzene rings is 1. The van der Waals surface area contributed by atoms with E-state index in [2.05, 4.69) is 9.97 Å². The van der Waals surface area contributed by atoms with Gasteiger partial charge in [-0.2, -0.15) is 0 Å². The lowest BCUT2D eigenvalue weighted by atomic mass is 10.2. The molecular weight excluding hydrogens is 294 g/mol. The standard InChI is InChI=1S/C17H23N3OS/c1-11(2)20(12(3)4)16(21)10-22-17-14-8-6-7-9-15(14)18-13(5)19-17/h6-9,11-12H,10H2,1-5H3. The summed E-state index contributed by atoms with van der Waals surface area (Å²) >= 11 is 1.49. The minimum absolute atomic E-state index is 0.148. The fraction of sp³-hybridized carbons (Fsp3) is 0.471. The molecule has 0 aliphatic rings. The molecule has 0 saturated heterocycles. The maximum Gasteiger partial charge on any atom is 0.233 e. The molecule has 0 spiro atoms. The quantitative estimate of drug-likeness (QED) is 0.623. The summed E-state index contributed by atoms with van der Waals surface area (Å²) in [6.45, 7) is 10.1. The number of aromatic nitrogens is 2. The van der Waals surface area contributed by atoms with E-state index in [1.54, 1.807) is 0 Å². The number of amides is 1. The van der Waals surface area contributed by atoms with Gasteiger partial charge in [0.1, 0.15) is 10.9 Å². The summed E-state index contributed by atoms with van der Waals surface area (Å²) in [7, 11) is 0. The van der Waals surface area contributed by atoms with Crippen LogP contribution >= 0.6 is 11.8 Å². The Morgan fingerprint density at radius 3 is 2.41 bits per heavy atom. The first-order valence-corrected chi connectivity index (χ1v) is 8.56. The molecule has 0 aliphatic carbocycles. The van der Waals surface area contributed by atoms with Crippen LogP contribution in [0, 0.1) is 6.92 Å². The lowest BCUT2D eigenvalue weighted by molar-refractivity contribution is -0.131. The second-order valence-electron chi connectivity index (χ2n) is 5.87. The van der Waals surface area contributed by atoms with Crippen molar-refractivity contribution in [3.63, 3.8) is 0 Å². The zero-order valence-electron chi connectivity index (χ0n) is 13.8. The fourth-order valence-corrected chi connectivity index (χ4v) is 3.58. The number of fused-ring (bicyclic) bond motifs is 1. The Morgan fingerprint density at radius 2 is 1.77 bits per heavy atom. The van der Waals surface area contributed by atoms with E-state index in [0.29, 0.717) is 5.75 Å². The first-order chi connectivity index (χ1) is 10.4. The maximum atomic E-state index is 12.5. The Balaban J connectivity index is 2.20. The Hall–Kier alpha value is -1.62. The molecular formula is C17H23N3OS. The van der Waals surface area contributed by atoms with Crippen molar-refractivity contribution < 1.29 is 4.79 Å². The van der Waals surface area contributed by atoms with Gasteiger partial charge in [-0.1, -0.05) is 30.0 Å². The number of aryl methyl sites for hydroxylation is 1. The third kappa shape index (κ3) is 3.77. The smallest absolute Gasteiger partial charge is 0.233 e. The summed E-state index contributed by atoms with van der Waals surface area (Å²) in [5, 5.41) is 1.88. The van der Waals surface area contributed by atoms with E-state index in [0.717, 1.165) is 21.8 Å². The van der Waals surface area contributed by atoms with Crippen LogP contribution in [-0.4, -0.2) is 38.6 Å². The molecule has 22 heavy (non-hydrogen) atoms. The molecule has 1 aromatic heterocycles. The highest BCUT2D eigenvalue weighted by Gasteiger charge is 2.20. The second kappa shape index (κ2) is 7.09. The molecule has 0 N–H and O–H groups in total. The van der Waals surface area contributed by atoms with Crippen LogP contribution < -0.4 is 0 Å². The Morgan fingerprint density at radius 1 is 1.14 bits per heavy atom. The predicted molar refractivity (Wildman–Crippen MR) is 92.1 cm³/mol. The highest BCUT2D eigenvalue weighted by molar-refractivity contribution is 8.00. The molecule has 0 atom stereocenters. The molecule has 1 heterocycles. The van der Waals surface area contributed by atoms with Gasteiger partial charge in [0.25, 0.3) is 0 Å². The lowest BCUT2D eigenvalue weighted by Crippen LogP contribution is -2.43. The molecule has 4 nitrogen and oxygen atoms in total. The number of carbonyl (C=O) groups is 1. The van der Waals surface area contributed by atoms with Crippen LogP contribution in [0.4, 0.5) is 0 Å². The summed E-state index contributed by atoms with van der Waals surface area (Å²) in [6.07, 6.45) is 0. The minimum Gasteiger partial charge on any atom is -0.337 e. The largest absolute Gasteiger partial charge is 0.337 e. The van der Waals surface area contributed by atoms with Gasteiger partial charge in [0.05, 0.1) is 11.3 Å². The Kier molecular flexibility index (Phi) is 5.40. The normalized spacial score (nSPS) is 11.4. The Bertz CT molecular complexity index is 662. The van der Waals surface area contributed by atoms with E-state index in [4.69, 9.17) is 0 Å². The topological polar surface area (TPSA) is 46.1 Å². The fourth-order valence-electron chi connectivity index (χ4n) is 2.65. The molecule has 0 radical (unpaired) electrons. The van der Waals surface area contributed by atoms with Crippen LogP contribution in [0.5, 0.6) is 0 Å². The molecule has 2 rings (SSSR count). The van der Waals surface area contributed by atoms with Crippen molar-refractivity contribution in [3.8, 4) is 0 Å². The maximum absolute atomic E-state index is 12.5. The van der Waals surface area contributed by atoms with E-state index >= 15 is 0 Å². The number of rotatable bonds is 5. The molecule has 118 valence electrons. The Labute approximate surface area is 136 Å². The van der Waals surface area contributed by atoms with Crippen molar-refractivity contribution in [2.75, 3.05) is 5.75 Å². The second-order valence-corrected chi connectivity index (χ2v) is 6.83. The first kappa shape index (κ1) is 16.7. The van der Waals surface area contributed by atoms with Gasteiger partial charge in [0.2, 0.25) is 5.91 Å². The van der Waals surface area contributed by atoms with Crippen molar-refractivity contribution in [3.05, 3.63) is 30.1 Å². The highest BCUT2D eigenvalue weighted by Crippen LogP contribution is 2.25. The molecule has 5 heteroatoms. The molecule has 0 bridgehead atoms. The number of nitrogens with zero attached hydrogens (tertiary/aromatic N) is 3. The van der Waals surface area contributed by atoms with Gasteiger partial charge in [-0.25, -0.2) is 9.97 Å². The summed E-state index contributed by atoms with van der Waals surface area (Å²) < 4.78 is 0. The van der Waals surface area contributed by atoms with E-state index in [9.17, 15) is 4.79 Å². The summed E-state index contributed by atoms with van der Waals surface area (Å²) in [5.74, 6) is 1.28. The molecule has 1 aromatic carbocycles. The van der Waals surface area contributed by atoms with Crippen LogP contribution in [-0.2, 0) is 4.79 Å². The van der Waals surface area contributed by atoms with Gasteiger partial charge in [-0.3, -0.25) is 4.79 Å². The third-order valence-corrected chi connectivity index (χ3v) is 4.39. The van der Waals surface area contributed by atoms with Crippen molar-refractivity contribution >= 4 is 28.6 Å². The molecule has 0 unspecified atom stereocenters. The van der Waals surface area contributed by atoms with Gasteiger partial charge < -0.3 is 4.90 Å². The summed E-state index contributed by atoms with van der Waals surface area (Å²) in [6, 6.07) is 8.33. The number of carbonyl (C=O) groups excluding carboxylic acids is 1. The van der Waals surface area contributed by atoms with E-state index in [1.807, 2.05) is 63.8 Å². The van der Waals surface area contributed by atoms with E-state index in [1.165, 1.54) is 11.8 Å². The van der Waals surface area contributed by atoms with Crippen molar-refractivity contribution in [1.29, 1.82) is 0 Å². The number of hydrogen-bond acceptors (Lipinski definition) is 4. The van der Waals surface area contributed by atoms with Crippen molar-refractivity contribution in [2.24, 2.45) is 0 Å². The average Bonchev–Trinajstić information content (AvgIpc) is 2.43. The molecule has 2 aromatic rings. The number of para-hydroxylation sites is 1. The first-order valence-electron chi connectivity index (χ1n) is 7.57. The van der Waals surface area contributed by atoms with Crippen molar-refractivity contribution in [2.45, 2.75) is 51.7 Å². The van der Waals surface area contributed by atoms with Gasteiger partial charge in [0.15, 0.2) is 0 Å². The monoisotopic (exact) mass is 317 g/mol. The van der Waals surface area contributed by atoms with Crippen LogP contribution in [0.15, 0.2) is 29.3 Å². The van der Waals surface area contributed by atoms with Crippen LogP contribution in [0.2, 0.25) is 0 Å². The summed E-state index contributed by atoms with van der Waals surface area (Å²) in [5.41, 5.74) is 0.925. The zero-order valence-corrected chi connectivity index (χ0v) is 14.6.